The van der Waals surface area contributed by atoms with Crippen LogP contribution in [0.15, 0.2) is 53.4 Å². The Morgan fingerprint density at radius 2 is 1.82 bits per heavy atom. The van der Waals surface area contributed by atoms with E-state index in [0.29, 0.717) is 24.0 Å². The number of nitrogens with one attached hydrogen (secondary N) is 3. The molecule has 12 nitrogen and oxygen atoms in total. The van der Waals surface area contributed by atoms with Gasteiger partial charge in [0.15, 0.2) is 0 Å². The molecule has 2 amide bonds. The van der Waals surface area contributed by atoms with Gasteiger partial charge in [0.05, 0.1) is 17.4 Å². The predicted octanol–water partition coefficient (Wildman–Crippen LogP) is 0.949. The number of ether oxygens (including phenoxy) is 1. The van der Waals surface area contributed by atoms with Crippen LogP contribution in [0.2, 0.25) is 0 Å². The first-order chi connectivity index (χ1) is 19.0. The van der Waals surface area contributed by atoms with Gasteiger partial charge in [-0.15, -0.1) is 0 Å². The Morgan fingerprint density at radius 3 is 2.48 bits per heavy atom. The van der Waals surface area contributed by atoms with Gasteiger partial charge in [0.25, 0.3) is 0 Å². The lowest BCUT2D eigenvalue weighted by atomic mass is 9.95. The van der Waals surface area contributed by atoms with Crippen molar-refractivity contribution in [2.24, 2.45) is 17.4 Å². The molecule has 1 heterocycles. The van der Waals surface area contributed by atoms with Gasteiger partial charge in [0, 0.05) is 37.3 Å². The summed E-state index contributed by atoms with van der Waals surface area (Å²) in [6, 6.07) is 11.2. The number of hydrogen-bond acceptors (Lipinski definition) is 8. The number of benzene rings is 2. The number of nitrogens with two attached hydrogens (primary N) is 2. The van der Waals surface area contributed by atoms with Crippen molar-refractivity contribution in [1.29, 1.82) is 5.41 Å². The normalized spacial score (nSPS) is 14.8. The maximum atomic E-state index is 13.7. The van der Waals surface area contributed by atoms with Crippen LogP contribution in [0, 0.1) is 11.3 Å². The van der Waals surface area contributed by atoms with Crippen molar-refractivity contribution in [3.63, 3.8) is 0 Å². The fourth-order valence-electron chi connectivity index (χ4n) is 4.45. The van der Waals surface area contributed by atoms with E-state index in [2.05, 4.69) is 10.0 Å². The molecule has 0 unspecified atom stereocenters. The molecule has 13 heteroatoms. The molecule has 2 aromatic rings. The summed E-state index contributed by atoms with van der Waals surface area (Å²) in [5, 5.41) is 10.3. The second-order valence-corrected chi connectivity index (χ2v) is 11.2. The third-order valence-electron chi connectivity index (χ3n) is 6.50. The van der Waals surface area contributed by atoms with E-state index in [4.69, 9.17) is 21.6 Å². The number of amides is 2. The summed E-state index contributed by atoms with van der Waals surface area (Å²) < 4.78 is 34.5. The molecule has 7 N–H and O–H groups in total. The molecule has 1 aliphatic heterocycles. The number of piperidine rings is 1. The zero-order valence-corrected chi connectivity index (χ0v) is 23.2. The van der Waals surface area contributed by atoms with E-state index in [-0.39, 0.29) is 73.3 Å². The molecule has 40 heavy (non-hydrogen) atoms. The zero-order chi connectivity index (χ0) is 29.3. The summed E-state index contributed by atoms with van der Waals surface area (Å²) in [6.45, 7) is 2.71. The minimum atomic E-state index is -4.21. The lowest BCUT2D eigenvalue weighted by molar-refractivity contribution is -0.151. The van der Waals surface area contributed by atoms with Crippen molar-refractivity contribution in [2.75, 3.05) is 31.6 Å². The van der Waals surface area contributed by atoms with Crippen LogP contribution in [0.5, 0.6) is 0 Å². The average molecular weight is 573 g/mol. The first-order valence-electron chi connectivity index (χ1n) is 13.0. The number of likely N-dealkylation sites (tertiary alicyclic amines) is 1. The van der Waals surface area contributed by atoms with Crippen LogP contribution in [-0.2, 0) is 35.6 Å². The van der Waals surface area contributed by atoms with Crippen LogP contribution < -0.4 is 21.5 Å². The Labute approximate surface area is 234 Å². The fraction of sp³-hybridized carbons (Fsp3) is 0.407. The van der Waals surface area contributed by atoms with Gasteiger partial charge >= 0.3 is 5.97 Å². The Bertz CT molecular complexity index is 1340. The Kier molecular flexibility index (Phi) is 10.8. The molecule has 216 valence electrons. The van der Waals surface area contributed by atoms with Crippen molar-refractivity contribution in [1.82, 2.24) is 9.62 Å². The van der Waals surface area contributed by atoms with Crippen LogP contribution in [0.1, 0.15) is 37.3 Å². The van der Waals surface area contributed by atoms with Crippen LogP contribution in [0.4, 0.5) is 5.69 Å². The number of amidine groups is 1. The monoisotopic (exact) mass is 572 g/mol. The second kappa shape index (κ2) is 14.0. The van der Waals surface area contributed by atoms with Gasteiger partial charge in [-0.2, -0.15) is 4.72 Å². The molecule has 1 atom stereocenters. The van der Waals surface area contributed by atoms with Gasteiger partial charge in [-0.3, -0.25) is 19.8 Å². The summed E-state index contributed by atoms with van der Waals surface area (Å²) >= 11 is 0. The molecule has 1 saturated heterocycles. The molecule has 1 aliphatic rings. The molecule has 0 spiro atoms. The van der Waals surface area contributed by atoms with Crippen molar-refractivity contribution in [3.8, 4) is 0 Å². The maximum Gasteiger partial charge on any atom is 0.309 e. The van der Waals surface area contributed by atoms with Gasteiger partial charge in [-0.1, -0.05) is 24.3 Å². The minimum absolute atomic E-state index is 0.00388. The highest BCUT2D eigenvalue weighted by Gasteiger charge is 2.34. The topological polar surface area (TPSA) is 198 Å². The number of carbonyl (C=O) groups excluding carboxylic acids is 3. The number of esters is 1. The van der Waals surface area contributed by atoms with Crippen LogP contribution in [0.25, 0.3) is 0 Å². The van der Waals surface area contributed by atoms with Gasteiger partial charge in [0.1, 0.15) is 11.9 Å². The van der Waals surface area contributed by atoms with Gasteiger partial charge in [-0.25, -0.2) is 8.42 Å². The van der Waals surface area contributed by atoms with Gasteiger partial charge in [0.2, 0.25) is 21.8 Å². The molecule has 0 radical (unpaired) electrons. The molecule has 3 rings (SSSR count). The van der Waals surface area contributed by atoms with E-state index in [1.807, 2.05) is 0 Å². The van der Waals surface area contributed by atoms with E-state index in [0.717, 1.165) is 0 Å². The zero-order valence-electron chi connectivity index (χ0n) is 22.4. The quantitative estimate of drug-likeness (QED) is 0.141. The molecular weight excluding hydrogens is 536 g/mol. The first kappa shape index (κ1) is 30.7. The van der Waals surface area contributed by atoms with Crippen LogP contribution in [0.3, 0.4) is 0 Å². The number of rotatable bonds is 12. The highest BCUT2D eigenvalue weighted by Crippen LogP contribution is 2.22. The Morgan fingerprint density at radius 1 is 1.12 bits per heavy atom. The van der Waals surface area contributed by atoms with E-state index in [9.17, 15) is 22.8 Å². The predicted molar refractivity (Wildman–Crippen MR) is 150 cm³/mol. The second-order valence-electron chi connectivity index (χ2n) is 9.46. The Hall–Kier alpha value is -3.81. The maximum absolute atomic E-state index is 13.7. The SMILES string of the molecule is CCOC(=O)C1CCN(C(=O)[C@H](Cc2cccc(C(=N)N)c2)NS(=O)(=O)c2cccc(NC(=O)CCN)c2)CC1. The van der Waals surface area contributed by atoms with Gasteiger partial charge < -0.3 is 26.4 Å². The van der Waals surface area contributed by atoms with E-state index < -0.39 is 22.0 Å². The molecule has 1 fully saturated rings. The Balaban J connectivity index is 1.85. The molecule has 2 aromatic carbocycles. The highest BCUT2D eigenvalue weighted by atomic mass is 32.2. The van der Waals surface area contributed by atoms with E-state index in [1.54, 1.807) is 42.2 Å². The summed E-state index contributed by atoms with van der Waals surface area (Å²) in [5.41, 5.74) is 12.4. The molecule has 0 bridgehead atoms. The summed E-state index contributed by atoms with van der Waals surface area (Å²) in [5.74, 6) is -1.56. The highest BCUT2D eigenvalue weighted by molar-refractivity contribution is 7.89. The average Bonchev–Trinajstić information content (AvgIpc) is 2.93. The van der Waals surface area contributed by atoms with Crippen LogP contribution in [-0.4, -0.2) is 69.2 Å². The fourth-order valence-corrected chi connectivity index (χ4v) is 5.68. The van der Waals surface area contributed by atoms with E-state index in [1.165, 1.54) is 18.2 Å². The van der Waals surface area contributed by atoms with E-state index >= 15 is 0 Å². The summed E-state index contributed by atoms with van der Waals surface area (Å²) in [6.07, 6.45) is 0.907. The number of nitrogen functional groups attached to an aromatic ring is 1. The number of sulfonamides is 1. The molecule has 0 saturated carbocycles. The van der Waals surface area contributed by atoms with Crippen molar-refractivity contribution < 1.29 is 27.5 Å². The third kappa shape index (κ3) is 8.34. The lowest BCUT2D eigenvalue weighted by Gasteiger charge is -2.33. The number of hydrogen-bond donors (Lipinski definition) is 5. The smallest absolute Gasteiger partial charge is 0.309 e. The number of carbonyl (C=O) groups is 3. The van der Waals surface area contributed by atoms with Crippen molar-refractivity contribution in [3.05, 3.63) is 59.7 Å². The van der Waals surface area contributed by atoms with Crippen LogP contribution >= 0.6 is 0 Å². The minimum Gasteiger partial charge on any atom is -0.466 e. The first-order valence-corrected chi connectivity index (χ1v) is 14.5. The van der Waals surface area contributed by atoms with Gasteiger partial charge in [-0.05, 0) is 56.0 Å². The van der Waals surface area contributed by atoms with Crippen molar-refractivity contribution in [2.45, 2.75) is 43.5 Å². The number of nitrogens with zero attached hydrogens (tertiary/aromatic N) is 1. The van der Waals surface area contributed by atoms with Crippen molar-refractivity contribution >= 4 is 39.3 Å². The third-order valence-corrected chi connectivity index (χ3v) is 7.97. The molecule has 0 aromatic heterocycles. The molecular formula is C27H36N6O6S. The standard InChI is InChI=1S/C27H36N6O6S/c1-2-39-27(36)19-10-13-33(14-11-19)26(35)23(16-18-5-3-6-20(15-18)25(29)30)32-40(37,38)22-8-4-7-21(17-22)31-24(34)9-12-28/h3-8,15,17,19,23,32H,2,9-14,16,28H2,1H3,(H3,29,30)(H,31,34)/t23-/m0/s1. The lowest BCUT2D eigenvalue weighted by Crippen LogP contribution is -2.52. The summed E-state index contributed by atoms with van der Waals surface area (Å²) in [4.78, 5) is 39.1. The summed E-state index contributed by atoms with van der Waals surface area (Å²) in [7, 11) is -4.21. The molecule has 0 aliphatic carbocycles. The number of anilines is 1. The largest absolute Gasteiger partial charge is 0.466 e.